The van der Waals surface area contributed by atoms with Crippen molar-refractivity contribution in [3.8, 4) is 16.9 Å². The third kappa shape index (κ3) is 6.80. The normalized spacial score (nSPS) is 11.9. The zero-order valence-electron chi connectivity index (χ0n) is 20.5. The minimum absolute atomic E-state index is 0.344. The van der Waals surface area contributed by atoms with E-state index in [0.29, 0.717) is 17.2 Å². The molecule has 0 saturated heterocycles. The van der Waals surface area contributed by atoms with Crippen LogP contribution in [-0.2, 0) is 12.8 Å². The van der Waals surface area contributed by atoms with Gasteiger partial charge in [-0.3, -0.25) is 0 Å². The second-order valence-corrected chi connectivity index (χ2v) is 8.93. The van der Waals surface area contributed by atoms with Crippen molar-refractivity contribution in [2.75, 3.05) is 0 Å². The molecule has 4 aromatic rings. The molecule has 2 heteroatoms. The summed E-state index contributed by atoms with van der Waals surface area (Å²) in [6, 6.07) is 34.7. The van der Waals surface area contributed by atoms with Gasteiger partial charge in [-0.15, -0.1) is 0 Å². The highest BCUT2D eigenvalue weighted by Crippen LogP contribution is 2.24. The van der Waals surface area contributed by atoms with E-state index in [4.69, 9.17) is 4.74 Å². The molecule has 1 atom stereocenters. The first-order chi connectivity index (χ1) is 17.1. The van der Waals surface area contributed by atoms with E-state index in [-0.39, 0.29) is 5.97 Å². The summed E-state index contributed by atoms with van der Waals surface area (Å²) in [5, 5.41) is 0. The Morgan fingerprint density at radius 1 is 0.771 bits per heavy atom. The van der Waals surface area contributed by atoms with Gasteiger partial charge in [0.2, 0.25) is 0 Å². The Balaban J connectivity index is 1.34. The van der Waals surface area contributed by atoms with Crippen molar-refractivity contribution < 1.29 is 9.53 Å². The Hall–Kier alpha value is -3.91. The minimum Gasteiger partial charge on any atom is -0.423 e. The molecule has 35 heavy (non-hydrogen) atoms. The molecule has 0 aliphatic heterocycles. The summed E-state index contributed by atoms with van der Waals surface area (Å²) in [5.41, 5.74) is 6.66. The van der Waals surface area contributed by atoms with Gasteiger partial charge in [0.05, 0.1) is 5.56 Å². The predicted octanol–water partition coefficient (Wildman–Crippen LogP) is 8.43. The van der Waals surface area contributed by atoms with E-state index in [1.165, 1.54) is 16.7 Å². The van der Waals surface area contributed by atoms with Gasteiger partial charge in [0.1, 0.15) is 5.75 Å². The van der Waals surface area contributed by atoms with E-state index in [1.54, 1.807) is 0 Å². The molecule has 0 N–H and O–H groups in total. The molecule has 2 nitrogen and oxygen atoms in total. The van der Waals surface area contributed by atoms with Gasteiger partial charge in [-0.2, -0.15) is 0 Å². The van der Waals surface area contributed by atoms with Crippen molar-refractivity contribution in [2.24, 2.45) is 0 Å². The van der Waals surface area contributed by atoms with E-state index < -0.39 is 0 Å². The first-order valence-electron chi connectivity index (χ1n) is 12.3. The fourth-order valence-electron chi connectivity index (χ4n) is 4.19. The number of allylic oxidation sites excluding steroid dienone is 2. The van der Waals surface area contributed by atoms with Crippen LogP contribution in [0.15, 0.2) is 115 Å². The number of carbonyl (C=O) groups is 1. The molecule has 0 radical (unpaired) electrons. The number of ether oxygens (including phenoxy) is 1. The summed E-state index contributed by atoms with van der Waals surface area (Å²) in [6.45, 7) is 4.29. The van der Waals surface area contributed by atoms with Crippen LogP contribution in [0.5, 0.6) is 5.75 Å². The fourth-order valence-corrected chi connectivity index (χ4v) is 4.19. The van der Waals surface area contributed by atoms with Crippen LogP contribution in [0, 0.1) is 0 Å². The van der Waals surface area contributed by atoms with Gasteiger partial charge in [0.25, 0.3) is 0 Å². The number of benzene rings is 4. The van der Waals surface area contributed by atoms with Gasteiger partial charge in [-0.05, 0) is 84.2 Å². The van der Waals surface area contributed by atoms with Crippen LogP contribution >= 0.6 is 0 Å². The van der Waals surface area contributed by atoms with Gasteiger partial charge in [0, 0.05) is 0 Å². The third-order valence-electron chi connectivity index (χ3n) is 6.29. The second-order valence-electron chi connectivity index (χ2n) is 8.93. The molecule has 0 aliphatic carbocycles. The molecule has 0 heterocycles. The number of esters is 1. The number of hydrogen-bond acceptors (Lipinski definition) is 2. The smallest absolute Gasteiger partial charge is 0.343 e. The van der Waals surface area contributed by atoms with Crippen LogP contribution in [0.2, 0.25) is 0 Å². The lowest BCUT2D eigenvalue weighted by molar-refractivity contribution is 0.0734. The first-order valence-corrected chi connectivity index (χ1v) is 12.3. The third-order valence-corrected chi connectivity index (χ3v) is 6.29. The van der Waals surface area contributed by atoms with E-state index >= 15 is 0 Å². The summed E-state index contributed by atoms with van der Waals surface area (Å²) in [6.07, 6.45) is 7.21. The highest BCUT2D eigenvalue weighted by atomic mass is 16.5. The zero-order valence-corrected chi connectivity index (χ0v) is 20.5. The molecule has 0 aromatic heterocycles. The van der Waals surface area contributed by atoms with Crippen molar-refractivity contribution in [3.63, 3.8) is 0 Å². The molecule has 4 rings (SSSR count). The molecular formula is C33H32O2. The first kappa shape index (κ1) is 24.2. The van der Waals surface area contributed by atoms with Crippen molar-refractivity contribution in [2.45, 2.75) is 39.0 Å². The lowest BCUT2D eigenvalue weighted by Crippen LogP contribution is -2.08. The van der Waals surface area contributed by atoms with Crippen LogP contribution < -0.4 is 4.74 Å². The Kier molecular flexibility index (Phi) is 8.30. The van der Waals surface area contributed by atoms with Crippen LogP contribution in [-0.4, -0.2) is 5.97 Å². The molecule has 0 amide bonds. The SMILES string of the molecule is CC=CCCc1ccc(OC(=O)c2ccc(-c3ccc(C[C@@H](C)c4ccccc4)cc3)cc2)cc1. The van der Waals surface area contributed by atoms with E-state index in [1.807, 2.05) is 55.5 Å². The van der Waals surface area contributed by atoms with Crippen LogP contribution in [0.3, 0.4) is 0 Å². The van der Waals surface area contributed by atoms with Crippen LogP contribution in [0.25, 0.3) is 11.1 Å². The summed E-state index contributed by atoms with van der Waals surface area (Å²) in [4.78, 5) is 12.6. The standard InChI is InChI=1S/C33H32O2/c1-3-4-6-9-26-14-22-32(23-15-26)35-33(34)31-20-18-30(19-21-31)29-16-12-27(13-17-29)24-25(2)28-10-7-5-8-11-28/h3-5,7-8,10-23,25H,6,9,24H2,1-2H3/t25-/m1/s1. The maximum Gasteiger partial charge on any atom is 0.343 e. The maximum absolute atomic E-state index is 12.6. The fraction of sp³-hybridized carbons (Fsp3) is 0.182. The quantitative estimate of drug-likeness (QED) is 0.142. The minimum atomic E-state index is -0.344. The molecular weight excluding hydrogens is 428 g/mol. The zero-order chi connectivity index (χ0) is 24.5. The Morgan fingerprint density at radius 3 is 2.00 bits per heavy atom. The van der Waals surface area contributed by atoms with Crippen molar-refractivity contribution in [3.05, 3.63) is 138 Å². The van der Waals surface area contributed by atoms with E-state index in [0.717, 1.165) is 30.4 Å². The Bertz CT molecular complexity index is 1240. The Labute approximate surface area is 208 Å². The van der Waals surface area contributed by atoms with E-state index in [9.17, 15) is 4.79 Å². The Morgan fingerprint density at radius 2 is 1.37 bits per heavy atom. The maximum atomic E-state index is 12.6. The van der Waals surface area contributed by atoms with Crippen LogP contribution in [0.1, 0.15) is 53.2 Å². The highest BCUT2D eigenvalue weighted by molar-refractivity contribution is 5.91. The summed E-state index contributed by atoms with van der Waals surface area (Å²) in [5.74, 6) is 0.694. The average Bonchev–Trinajstić information content (AvgIpc) is 2.91. The number of hydrogen-bond donors (Lipinski definition) is 0. The van der Waals surface area contributed by atoms with Crippen molar-refractivity contribution >= 4 is 5.97 Å². The topological polar surface area (TPSA) is 26.3 Å². The largest absolute Gasteiger partial charge is 0.423 e. The van der Waals surface area contributed by atoms with Gasteiger partial charge in [0.15, 0.2) is 0 Å². The van der Waals surface area contributed by atoms with Gasteiger partial charge >= 0.3 is 5.97 Å². The van der Waals surface area contributed by atoms with Crippen molar-refractivity contribution in [1.29, 1.82) is 0 Å². The molecule has 0 fully saturated rings. The molecule has 0 saturated carbocycles. The monoisotopic (exact) mass is 460 g/mol. The molecule has 0 spiro atoms. The average molecular weight is 461 g/mol. The summed E-state index contributed by atoms with van der Waals surface area (Å²) in [7, 11) is 0. The molecule has 0 unspecified atom stereocenters. The summed E-state index contributed by atoms with van der Waals surface area (Å²) < 4.78 is 5.56. The lowest BCUT2D eigenvalue weighted by Gasteiger charge is -2.12. The molecule has 0 aliphatic rings. The second kappa shape index (κ2) is 12.0. The van der Waals surface area contributed by atoms with Gasteiger partial charge in [-0.1, -0.05) is 97.9 Å². The number of aryl methyl sites for hydroxylation is 1. The molecule has 4 aromatic carbocycles. The lowest BCUT2D eigenvalue weighted by atomic mass is 9.93. The van der Waals surface area contributed by atoms with Gasteiger partial charge < -0.3 is 4.74 Å². The van der Waals surface area contributed by atoms with Crippen LogP contribution in [0.4, 0.5) is 0 Å². The molecule has 0 bridgehead atoms. The van der Waals surface area contributed by atoms with E-state index in [2.05, 4.69) is 73.7 Å². The number of rotatable bonds is 9. The van der Waals surface area contributed by atoms with Gasteiger partial charge in [-0.25, -0.2) is 4.79 Å². The van der Waals surface area contributed by atoms with Crippen molar-refractivity contribution in [1.82, 2.24) is 0 Å². The number of carbonyl (C=O) groups excluding carboxylic acids is 1. The highest BCUT2D eigenvalue weighted by Gasteiger charge is 2.10. The predicted molar refractivity (Wildman–Crippen MR) is 145 cm³/mol. The molecule has 176 valence electrons. The summed E-state index contributed by atoms with van der Waals surface area (Å²) >= 11 is 0.